The van der Waals surface area contributed by atoms with E-state index in [9.17, 15) is 18.3 Å². The topological polar surface area (TPSA) is 108 Å². The minimum absolute atomic E-state index is 0.00313. The fraction of sp³-hybridized carbons (Fsp3) is 0.143. The molecule has 1 aliphatic rings. The highest BCUT2D eigenvalue weighted by atomic mass is 35.5. The Labute approximate surface area is 220 Å². The molecule has 5 rings (SSSR count). The van der Waals surface area contributed by atoms with Gasteiger partial charge in [0.2, 0.25) is 10.0 Å². The number of sulfonamides is 1. The molecule has 188 valence electrons. The molecule has 4 aromatic rings. The summed E-state index contributed by atoms with van der Waals surface area (Å²) in [5.74, 6) is -1.69. The molecular weight excluding hydrogens is 510 g/mol. The number of aliphatic carboxylic acids is 1. The van der Waals surface area contributed by atoms with Gasteiger partial charge in [0.15, 0.2) is 0 Å². The number of carboxylic acid groups (broad SMARTS) is 1. The normalized spacial score (nSPS) is 18.8. The van der Waals surface area contributed by atoms with E-state index in [2.05, 4.69) is 15.0 Å². The average Bonchev–Trinajstić information content (AvgIpc) is 3.64. The van der Waals surface area contributed by atoms with Crippen LogP contribution in [0.2, 0.25) is 5.02 Å². The number of hydrogen-bond acceptors (Lipinski definition) is 5. The van der Waals surface area contributed by atoms with Gasteiger partial charge in [0, 0.05) is 35.6 Å². The molecule has 0 radical (unpaired) electrons. The lowest BCUT2D eigenvalue weighted by atomic mass is 10.1. The first-order valence-electron chi connectivity index (χ1n) is 11.6. The predicted octanol–water partition coefficient (Wildman–Crippen LogP) is 5.30. The Balaban J connectivity index is 1.32. The standard InChI is InChI=1S/C28H24ClN3O4S/c29-23-10-6-20(7-11-23)21-8-12-25(13-9-21)37(35,36)32-28(27(33)34)16-26(28)22-4-1-5-24(15-22)31-18-19-3-2-14-30-17-19/h1-15,17,26,31-32H,16,18H2,(H,33,34)/t26-,28?/m0/s1. The van der Waals surface area contributed by atoms with Crippen molar-refractivity contribution in [3.05, 3.63) is 113 Å². The number of carboxylic acids is 1. The second-order valence-corrected chi connectivity index (χ2v) is 11.1. The Morgan fingerprint density at radius 2 is 1.70 bits per heavy atom. The summed E-state index contributed by atoms with van der Waals surface area (Å²) in [5, 5.41) is 13.9. The molecule has 3 aromatic carbocycles. The van der Waals surface area contributed by atoms with Gasteiger partial charge in [-0.2, -0.15) is 4.72 Å². The maximum absolute atomic E-state index is 13.2. The van der Waals surface area contributed by atoms with Crippen LogP contribution in [-0.2, 0) is 21.4 Å². The number of pyridine rings is 1. The third-order valence-electron chi connectivity index (χ3n) is 6.51. The molecule has 7 nitrogen and oxygen atoms in total. The van der Waals surface area contributed by atoms with E-state index in [1.165, 1.54) is 12.1 Å². The van der Waals surface area contributed by atoms with E-state index in [0.717, 1.165) is 27.9 Å². The van der Waals surface area contributed by atoms with E-state index in [1.807, 2.05) is 48.5 Å². The first-order valence-corrected chi connectivity index (χ1v) is 13.5. The van der Waals surface area contributed by atoms with E-state index in [0.29, 0.717) is 11.6 Å². The highest BCUT2D eigenvalue weighted by Crippen LogP contribution is 2.52. The van der Waals surface area contributed by atoms with Crippen LogP contribution in [0.4, 0.5) is 5.69 Å². The zero-order valence-electron chi connectivity index (χ0n) is 19.6. The van der Waals surface area contributed by atoms with E-state index >= 15 is 0 Å². The van der Waals surface area contributed by atoms with Gasteiger partial charge in [-0.15, -0.1) is 0 Å². The molecular formula is C28H24ClN3O4S. The second-order valence-electron chi connectivity index (χ2n) is 9.01. The fourth-order valence-corrected chi connectivity index (χ4v) is 5.93. The van der Waals surface area contributed by atoms with Gasteiger partial charge in [-0.05, 0) is 71.1 Å². The van der Waals surface area contributed by atoms with Crippen LogP contribution < -0.4 is 10.0 Å². The van der Waals surface area contributed by atoms with Crippen molar-refractivity contribution in [1.29, 1.82) is 0 Å². The lowest BCUT2D eigenvalue weighted by Gasteiger charge is -2.16. The highest BCUT2D eigenvalue weighted by Gasteiger charge is 2.63. The van der Waals surface area contributed by atoms with Gasteiger partial charge in [-0.3, -0.25) is 9.78 Å². The molecule has 2 atom stereocenters. The molecule has 9 heteroatoms. The molecule has 1 aromatic heterocycles. The minimum Gasteiger partial charge on any atom is -0.480 e. The number of anilines is 1. The third kappa shape index (κ3) is 5.36. The lowest BCUT2D eigenvalue weighted by molar-refractivity contribution is -0.140. The fourth-order valence-electron chi connectivity index (χ4n) is 4.40. The van der Waals surface area contributed by atoms with Gasteiger partial charge in [0.25, 0.3) is 0 Å². The number of hydrogen-bond donors (Lipinski definition) is 3. The van der Waals surface area contributed by atoms with E-state index in [4.69, 9.17) is 11.6 Å². The third-order valence-corrected chi connectivity index (χ3v) is 8.29. The lowest BCUT2D eigenvalue weighted by Crippen LogP contribution is -2.44. The van der Waals surface area contributed by atoms with Crippen molar-refractivity contribution in [2.45, 2.75) is 29.3 Å². The highest BCUT2D eigenvalue weighted by molar-refractivity contribution is 7.89. The summed E-state index contributed by atoms with van der Waals surface area (Å²) >= 11 is 5.94. The smallest absolute Gasteiger partial charge is 0.325 e. The molecule has 1 unspecified atom stereocenters. The summed E-state index contributed by atoms with van der Waals surface area (Å²) in [6, 6.07) is 24.7. The maximum Gasteiger partial charge on any atom is 0.325 e. The largest absolute Gasteiger partial charge is 0.480 e. The predicted molar refractivity (Wildman–Crippen MR) is 143 cm³/mol. The van der Waals surface area contributed by atoms with Crippen molar-refractivity contribution in [3.8, 4) is 11.1 Å². The quantitative estimate of drug-likeness (QED) is 0.269. The van der Waals surface area contributed by atoms with Crippen LogP contribution in [-0.4, -0.2) is 30.0 Å². The van der Waals surface area contributed by atoms with Crippen LogP contribution >= 0.6 is 11.6 Å². The zero-order chi connectivity index (χ0) is 26.0. The number of aromatic nitrogens is 1. The zero-order valence-corrected chi connectivity index (χ0v) is 21.2. The van der Waals surface area contributed by atoms with Crippen LogP contribution in [0.5, 0.6) is 0 Å². The van der Waals surface area contributed by atoms with Crippen molar-refractivity contribution < 1.29 is 18.3 Å². The number of carbonyl (C=O) groups is 1. The monoisotopic (exact) mass is 533 g/mol. The van der Waals surface area contributed by atoms with Crippen molar-refractivity contribution in [1.82, 2.24) is 9.71 Å². The SMILES string of the molecule is O=C(O)C1(NS(=O)(=O)c2ccc(-c3ccc(Cl)cc3)cc2)C[C@H]1c1cccc(NCc2cccnc2)c1. The van der Waals surface area contributed by atoms with Crippen LogP contribution in [0.25, 0.3) is 11.1 Å². The van der Waals surface area contributed by atoms with Gasteiger partial charge in [0.05, 0.1) is 4.90 Å². The Morgan fingerprint density at radius 1 is 1.00 bits per heavy atom. The summed E-state index contributed by atoms with van der Waals surface area (Å²) in [4.78, 5) is 16.4. The number of benzene rings is 3. The number of nitrogens with zero attached hydrogens (tertiary/aromatic N) is 1. The van der Waals surface area contributed by atoms with Crippen LogP contribution in [0.15, 0.2) is 102 Å². The van der Waals surface area contributed by atoms with Gasteiger partial charge in [0.1, 0.15) is 5.54 Å². The van der Waals surface area contributed by atoms with Crippen LogP contribution in [0.1, 0.15) is 23.5 Å². The molecule has 1 saturated carbocycles. The molecule has 1 heterocycles. The first-order chi connectivity index (χ1) is 17.8. The van der Waals surface area contributed by atoms with Gasteiger partial charge >= 0.3 is 5.97 Å². The van der Waals surface area contributed by atoms with E-state index < -0.39 is 27.4 Å². The second kappa shape index (κ2) is 9.97. The molecule has 0 aliphatic heterocycles. The van der Waals surface area contributed by atoms with Crippen molar-refractivity contribution in [3.63, 3.8) is 0 Å². The van der Waals surface area contributed by atoms with Gasteiger partial charge in [-0.1, -0.05) is 54.1 Å². The molecule has 1 fully saturated rings. The van der Waals surface area contributed by atoms with Crippen LogP contribution in [0, 0.1) is 0 Å². The Bertz CT molecular complexity index is 1530. The molecule has 0 bridgehead atoms. The van der Waals surface area contributed by atoms with Gasteiger partial charge in [-0.25, -0.2) is 8.42 Å². The summed E-state index contributed by atoms with van der Waals surface area (Å²) in [7, 11) is -4.08. The first kappa shape index (κ1) is 25.0. The summed E-state index contributed by atoms with van der Waals surface area (Å²) in [5.41, 5.74) is 2.68. The van der Waals surface area contributed by atoms with Crippen molar-refractivity contribution in [2.75, 3.05) is 5.32 Å². The summed E-state index contributed by atoms with van der Waals surface area (Å²) < 4.78 is 28.8. The Morgan fingerprint density at radius 3 is 2.35 bits per heavy atom. The van der Waals surface area contributed by atoms with E-state index in [-0.39, 0.29) is 11.3 Å². The van der Waals surface area contributed by atoms with Crippen molar-refractivity contribution >= 4 is 33.3 Å². The van der Waals surface area contributed by atoms with E-state index in [1.54, 1.807) is 36.7 Å². The number of halogens is 1. The Kier molecular flexibility index (Phi) is 6.72. The number of rotatable bonds is 9. The molecule has 0 amide bonds. The van der Waals surface area contributed by atoms with Crippen LogP contribution in [0.3, 0.4) is 0 Å². The Hall–Kier alpha value is -3.72. The number of nitrogens with one attached hydrogen (secondary N) is 2. The maximum atomic E-state index is 13.2. The molecule has 37 heavy (non-hydrogen) atoms. The average molecular weight is 534 g/mol. The molecule has 0 saturated heterocycles. The summed E-state index contributed by atoms with van der Waals surface area (Å²) in [6.45, 7) is 0.560. The molecule has 0 spiro atoms. The van der Waals surface area contributed by atoms with Crippen molar-refractivity contribution in [2.24, 2.45) is 0 Å². The van der Waals surface area contributed by atoms with Gasteiger partial charge < -0.3 is 10.4 Å². The summed E-state index contributed by atoms with van der Waals surface area (Å²) in [6.07, 6.45) is 3.64. The minimum atomic E-state index is -4.08. The molecule has 1 aliphatic carbocycles. The molecule has 3 N–H and O–H groups in total.